The molecule has 7 heteroatoms. The molecule has 0 N–H and O–H groups in total. The highest BCUT2D eigenvalue weighted by molar-refractivity contribution is 6.00. The van der Waals surface area contributed by atoms with Gasteiger partial charge >= 0.3 is 0 Å². The molecule has 0 saturated carbocycles. The average molecular weight is 418 g/mol. The molecule has 1 fully saturated rings. The molecule has 1 aliphatic rings. The van der Waals surface area contributed by atoms with Crippen molar-refractivity contribution in [3.63, 3.8) is 0 Å². The van der Waals surface area contributed by atoms with Crippen molar-refractivity contribution < 1.29 is 19.1 Å². The van der Waals surface area contributed by atoms with Crippen LogP contribution in [-0.4, -0.2) is 79.4 Å². The molecule has 0 spiro atoms. The van der Waals surface area contributed by atoms with E-state index in [9.17, 15) is 14.4 Å². The van der Waals surface area contributed by atoms with Crippen LogP contribution in [0.25, 0.3) is 0 Å². The van der Waals surface area contributed by atoms with Gasteiger partial charge < -0.3 is 14.5 Å². The zero-order valence-electron chi connectivity index (χ0n) is 18.7. The summed E-state index contributed by atoms with van der Waals surface area (Å²) in [7, 11) is 3.86. The van der Waals surface area contributed by atoms with Crippen LogP contribution in [0.5, 0.6) is 0 Å². The minimum atomic E-state index is -0.154. The summed E-state index contributed by atoms with van der Waals surface area (Å²) in [5, 5.41) is 0. The van der Waals surface area contributed by atoms with E-state index in [2.05, 4.69) is 25.8 Å². The SMILES string of the molecule is CC(C)CN(C)CCCOCC(=O)N(C)Cc1ccc(CC(=O)N2CCC2=O)cc1. The number of carbonyl (C=O) groups is 3. The van der Waals surface area contributed by atoms with Crippen molar-refractivity contribution in [3.05, 3.63) is 35.4 Å². The summed E-state index contributed by atoms with van der Waals surface area (Å²) in [5.74, 6) is 0.340. The van der Waals surface area contributed by atoms with Gasteiger partial charge in [0.2, 0.25) is 17.7 Å². The lowest BCUT2D eigenvalue weighted by Crippen LogP contribution is -2.48. The average Bonchev–Trinajstić information content (AvgIpc) is 2.67. The van der Waals surface area contributed by atoms with E-state index < -0.39 is 0 Å². The van der Waals surface area contributed by atoms with Gasteiger partial charge in [0.15, 0.2) is 0 Å². The first-order valence-electron chi connectivity index (χ1n) is 10.7. The molecule has 0 aromatic heterocycles. The highest BCUT2D eigenvalue weighted by atomic mass is 16.5. The van der Waals surface area contributed by atoms with Crippen LogP contribution in [0.15, 0.2) is 24.3 Å². The fraction of sp³-hybridized carbons (Fsp3) is 0.609. The second-order valence-electron chi connectivity index (χ2n) is 8.49. The lowest BCUT2D eigenvalue weighted by atomic mass is 10.1. The number of ether oxygens (including phenoxy) is 1. The number of benzene rings is 1. The number of likely N-dealkylation sites (tertiary alicyclic amines) is 1. The van der Waals surface area contributed by atoms with Crippen LogP contribution in [0.4, 0.5) is 0 Å². The molecule has 0 bridgehead atoms. The highest BCUT2D eigenvalue weighted by Crippen LogP contribution is 2.13. The lowest BCUT2D eigenvalue weighted by Gasteiger charge is -2.28. The van der Waals surface area contributed by atoms with Gasteiger partial charge in [-0.15, -0.1) is 0 Å². The van der Waals surface area contributed by atoms with E-state index in [4.69, 9.17) is 4.74 Å². The molecule has 1 saturated heterocycles. The number of imide groups is 1. The van der Waals surface area contributed by atoms with Crippen LogP contribution < -0.4 is 0 Å². The van der Waals surface area contributed by atoms with Gasteiger partial charge in [-0.2, -0.15) is 0 Å². The Morgan fingerprint density at radius 1 is 1.13 bits per heavy atom. The van der Waals surface area contributed by atoms with Gasteiger partial charge in [0.25, 0.3) is 0 Å². The standard InChI is InChI=1S/C23H35N3O4/c1-18(2)15-24(3)11-5-13-30-17-23(29)25(4)16-20-8-6-19(7-9-20)14-22(28)26-12-10-21(26)27/h6-9,18H,5,10-17H2,1-4H3. The smallest absolute Gasteiger partial charge is 0.248 e. The van der Waals surface area contributed by atoms with E-state index in [1.807, 2.05) is 24.3 Å². The third-order valence-corrected chi connectivity index (χ3v) is 5.11. The zero-order chi connectivity index (χ0) is 22.1. The van der Waals surface area contributed by atoms with Gasteiger partial charge in [-0.05, 0) is 30.5 Å². The minimum absolute atomic E-state index is 0.0546. The van der Waals surface area contributed by atoms with Gasteiger partial charge in [-0.25, -0.2) is 0 Å². The molecule has 3 amide bonds. The molecule has 1 heterocycles. The summed E-state index contributed by atoms with van der Waals surface area (Å²) < 4.78 is 5.53. The van der Waals surface area contributed by atoms with Crippen LogP contribution in [0, 0.1) is 5.92 Å². The molecule has 1 aromatic rings. The summed E-state index contributed by atoms with van der Waals surface area (Å²) in [6.07, 6.45) is 1.59. The topological polar surface area (TPSA) is 70.2 Å². The maximum Gasteiger partial charge on any atom is 0.248 e. The molecule has 0 aliphatic carbocycles. The number of rotatable bonds is 12. The maximum atomic E-state index is 12.3. The van der Waals surface area contributed by atoms with Crippen molar-refractivity contribution >= 4 is 17.7 Å². The minimum Gasteiger partial charge on any atom is -0.372 e. The molecule has 166 valence electrons. The van der Waals surface area contributed by atoms with E-state index in [0.29, 0.717) is 32.0 Å². The lowest BCUT2D eigenvalue weighted by molar-refractivity contribution is -0.151. The molecule has 1 aliphatic heterocycles. The Hall–Kier alpha value is -2.25. The number of β-lactam (4-membered cyclic amide) rings is 1. The van der Waals surface area contributed by atoms with Crippen molar-refractivity contribution in [1.82, 2.24) is 14.7 Å². The van der Waals surface area contributed by atoms with Crippen LogP contribution in [0.1, 0.15) is 37.8 Å². The first-order valence-corrected chi connectivity index (χ1v) is 10.7. The second-order valence-corrected chi connectivity index (χ2v) is 8.49. The van der Waals surface area contributed by atoms with Crippen LogP contribution in [-0.2, 0) is 32.1 Å². The van der Waals surface area contributed by atoms with E-state index in [0.717, 1.165) is 30.6 Å². The predicted octanol–water partition coefficient (Wildman–Crippen LogP) is 1.94. The molecular formula is C23H35N3O4. The summed E-state index contributed by atoms with van der Waals surface area (Å²) in [5.41, 5.74) is 1.85. The highest BCUT2D eigenvalue weighted by Gasteiger charge is 2.29. The number of nitrogens with zero attached hydrogens (tertiary/aromatic N) is 3. The third kappa shape index (κ3) is 7.88. The summed E-state index contributed by atoms with van der Waals surface area (Å²) >= 11 is 0. The van der Waals surface area contributed by atoms with E-state index >= 15 is 0 Å². The molecule has 30 heavy (non-hydrogen) atoms. The van der Waals surface area contributed by atoms with Gasteiger partial charge in [-0.1, -0.05) is 38.1 Å². The van der Waals surface area contributed by atoms with Gasteiger partial charge in [0.05, 0.1) is 6.42 Å². The molecule has 1 aromatic carbocycles. The Kier molecular flexibility index (Phi) is 9.46. The van der Waals surface area contributed by atoms with Crippen LogP contribution in [0.3, 0.4) is 0 Å². The number of carbonyl (C=O) groups excluding carboxylic acids is 3. The van der Waals surface area contributed by atoms with E-state index in [1.54, 1.807) is 11.9 Å². The molecule has 2 rings (SSSR count). The Bertz CT molecular complexity index is 718. The summed E-state index contributed by atoms with van der Waals surface area (Å²) in [6, 6.07) is 7.57. The summed E-state index contributed by atoms with van der Waals surface area (Å²) in [6.45, 7) is 8.09. The molecular weight excluding hydrogens is 382 g/mol. The third-order valence-electron chi connectivity index (χ3n) is 5.11. The first-order chi connectivity index (χ1) is 14.3. The number of amides is 3. The van der Waals surface area contributed by atoms with Crippen molar-refractivity contribution in [2.75, 3.05) is 46.9 Å². The van der Waals surface area contributed by atoms with Crippen molar-refractivity contribution in [1.29, 1.82) is 0 Å². The van der Waals surface area contributed by atoms with Gasteiger partial charge in [0, 0.05) is 46.3 Å². The molecule has 0 radical (unpaired) electrons. The fourth-order valence-electron chi connectivity index (χ4n) is 3.39. The number of hydrogen-bond donors (Lipinski definition) is 0. The van der Waals surface area contributed by atoms with Crippen molar-refractivity contribution in [3.8, 4) is 0 Å². The van der Waals surface area contributed by atoms with E-state index in [-0.39, 0.29) is 30.7 Å². The number of hydrogen-bond acceptors (Lipinski definition) is 5. The molecule has 0 atom stereocenters. The maximum absolute atomic E-state index is 12.3. The van der Waals surface area contributed by atoms with E-state index in [1.165, 1.54) is 4.90 Å². The van der Waals surface area contributed by atoms with Gasteiger partial charge in [-0.3, -0.25) is 19.3 Å². The Morgan fingerprint density at radius 3 is 2.37 bits per heavy atom. The van der Waals surface area contributed by atoms with Crippen LogP contribution in [0.2, 0.25) is 0 Å². The summed E-state index contributed by atoms with van der Waals surface area (Å²) in [4.78, 5) is 40.8. The Morgan fingerprint density at radius 2 is 1.80 bits per heavy atom. The molecule has 0 unspecified atom stereocenters. The molecule has 7 nitrogen and oxygen atoms in total. The fourth-order valence-corrected chi connectivity index (χ4v) is 3.39. The normalized spacial score (nSPS) is 13.7. The Balaban J connectivity index is 1.65. The monoisotopic (exact) mass is 417 g/mol. The quantitative estimate of drug-likeness (QED) is 0.384. The largest absolute Gasteiger partial charge is 0.372 e. The predicted molar refractivity (Wildman–Crippen MR) is 116 cm³/mol. The van der Waals surface area contributed by atoms with Crippen molar-refractivity contribution in [2.24, 2.45) is 5.92 Å². The second kappa shape index (κ2) is 11.8. The van der Waals surface area contributed by atoms with Gasteiger partial charge in [0.1, 0.15) is 6.61 Å². The number of likely N-dealkylation sites (N-methyl/N-ethyl adjacent to an activating group) is 1. The Labute approximate surface area is 180 Å². The van der Waals surface area contributed by atoms with Crippen LogP contribution >= 0.6 is 0 Å². The van der Waals surface area contributed by atoms with Crippen molar-refractivity contribution in [2.45, 2.75) is 39.7 Å². The zero-order valence-corrected chi connectivity index (χ0v) is 18.7. The first kappa shape index (κ1) is 24.0.